The van der Waals surface area contributed by atoms with E-state index in [0.717, 1.165) is 0 Å². The predicted molar refractivity (Wildman–Crippen MR) is 87.2 cm³/mol. The van der Waals surface area contributed by atoms with Crippen molar-refractivity contribution in [1.82, 2.24) is 14.1 Å². The van der Waals surface area contributed by atoms with Crippen LogP contribution in [0.1, 0.15) is 31.7 Å². The molecule has 0 radical (unpaired) electrons. The van der Waals surface area contributed by atoms with E-state index in [9.17, 15) is 8.42 Å². The lowest BCUT2D eigenvalue weighted by atomic mass is 10.0. The normalized spacial score (nSPS) is 13.6. The third-order valence-electron chi connectivity index (χ3n) is 3.74. The van der Waals surface area contributed by atoms with Crippen LogP contribution < -0.4 is 5.73 Å². The molecule has 1 aromatic rings. The average molecular weight is 339 g/mol. The number of hydrogen-bond donors (Lipinski definition) is 1. The number of hydrogen-bond acceptors (Lipinski definition) is 4. The van der Waals surface area contributed by atoms with Gasteiger partial charge in [-0.15, -0.1) is 12.4 Å². The summed E-state index contributed by atoms with van der Waals surface area (Å²) in [7, 11) is -0.169. The minimum atomic E-state index is -3.51. The van der Waals surface area contributed by atoms with Crippen LogP contribution in [-0.2, 0) is 17.1 Å². The van der Waals surface area contributed by atoms with Crippen molar-refractivity contribution in [2.45, 2.75) is 45.1 Å². The van der Waals surface area contributed by atoms with Crippen molar-refractivity contribution in [2.24, 2.45) is 18.7 Å². The summed E-state index contributed by atoms with van der Waals surface area (Å²) in [4.78, 5) is 0.306. The van der Waals surface area contributed by atoms with Crippen LogP contribution in [0.4, 0.5) is 0 Å². The van der Waals surface area contributed by atoms with E-state index in [1.807, 2.05) is 13.8 Å². The van der Waals surface area contributed by atoms with E-state index in [2.05, 4.69) is 5.10 Å². The molecular weight excluding hydrogens is 312 g/mol. The van der Waals surface area contributed by atoms with Gasteiger partial charge in [0.1, 0.15) is 4.90 Å². The Bertz CT molecular complexity index is 569. The Kier molecular flexibility index (Phi) is 7.35. The topological polar surface area (TPSA) is 81.2 Å². The number of aromatic nitrogens is 2. The summed E-state index contributed by atoms with van der Waals surface area (Å²) in [5.41, 5.74) is 7.16. The molecule has 1 unspecified atom stereocenters. The zero-order chi connectivity index (χ0) is 15.7. The van der Waals surface area contributed by atoms with Gasteiger partial charge in [0.2, 0.25) is 10.0 Å². The Morgan fingerprint density at radius 1 is 1.33 bits per heavy atom. The Hall–Kier alpha value is -0.630. The van der Waals surface area contributed by atoms with E-state index >= 15 is 0 Å². The van der Waals surface area contributed by atoms with Crippen LogP contribution in [0.2, 0.25) is 0 Å². The van der Waals surface area contributed by atoms with Crippen molar-refractivity contribution in [3.63, 3.8) is 0 Å². The molecule has 0 amide bonds. The summed E-state index contributed by atoms with van der Waals surface area (Å²) in [5, 5.41) is 4.17. The summed E-state index contributed by atoms with van der Waals surface area (Å²) in [6, 6.07) is 0.00347. The summed E-state index contributed by atoms with van der Waals surface area (Å²) >= 11 is 0. The minimum Gasteiger partial charge on any atom is -0.327 e. The van der Waals surface area contributed by atoms with Gasteiger partial charge in [-0.3, -0.25) is 4.68 Å². The largest absolute Gasteiger partial charge is 0.327 e. The van der Waals surface area contributed by atoms with E-state index in [4.69, 9.17) is 5.73 Å². The van der Waals surface area contributed by atoms with Crippen LogP contribution in [0.5, 0.6) is 0 Å². The van der Waals surface area contributed by atoms with Crippen molar-refractivity contribution in [2.75, 3.05) is 13.6 Å². The van der Waals surface area contributed by atoms with Gasteiger partial charge >= 0.3 is 0 Å². The Morgan fingerprint density at radius 2 is 1.86 bits per heavy atom. The second-order valence-corrected chi connectivity index (χ2v) is 7.63. The van der Waals surface area contributed by atoms with Gasteiger partial charge in [-0.2, -0.15) is 5.10 Å². The van der Waals surface area contributed by atoms with E-state index in [1.165, 1.54) is 4.31 Å². The Labute approximate surface area is 134 Å². The van der Waals surface area contributed by atoms with Gasteiger partial charge in [0.05, 0.1) is 11.4 Å². The molecule has 0 bridgehead atoms. The van der Waals surface area contributed by atoms with Crippen LogP contribution in [-0.4, -0.2) is 42.1 Å². The first kappa shape index (κ1) is 20.4. The highest BCUT2D eigenvalue weighted by Crippen LogP contribution is 2.22. The molecule has 0 spiro atoms. The first-order chi connectivity index (χ1) is 9.09. The van der Waals surface area contributed by atoms with Gasteiger partial charge in [0.15, 0.2) is 0 Å². The molecule has 0 aliphatic rings. The molecule has 8 heteroatoms. The van der Waals surface area contributed by atoms with E-state index in [0.29, 0.717) is 35.2 Å². The highest BCUT2D eigenvalue weighted by Gasteiger charge is 2.28. The van der Waals surface area contributed by atoms with E-state index in [1.54, 1.807) is 32.6 Å². The van der Waals surface area contributed by atoms with Crippen LogP contribution in [0, 0.1) is 19.8 Å². The fourth-order valence-corrected chi connectivity index (χ4v) is 3.64. The lowest BCUT2D eigenvalue weighted by Gasteiger charge is -2.21. The number of sulfonamides is 1. The molecule has 21 heavy (non-hydrogen) atoms. The minimum absolute atomic E-state index is 0. The van der Waals surface area contributed by atoms with Crippen LogP contribution in [0.15, 0.2) is 4.90 Å². The standard InChI is InChI=1S/C13H26N4O2S.ClH/c1-9(2)12(14)7-8-16(5)20(18,19)13-10(3)15-17(6)11(13)4;/h9,12H,7-8,14H2,1-6H3;1H. The summed E-state index contributed by atoms with van der Waals surface area (Å²) in [5.74, 6) is 0.341. The van der Waals surface area contributed by atoms with Gasteiger partial charge in [-0.25, -0.2) is 12.7 Å². The second kappa shape index (κ2) is 7.58. The van der Waals surface area contributed by atoms with Gasteiger partial charge in [0.25, 0.3) is 0 Å². The third-order valence-corrected chi connectivity index (χ3v) is 5.85. The van der Waals surface area contributed by atoms with Crippen molar-refractivity contribution in [3.8, 4) is 0 Å². The van der Waals surface area contributed by atoms with Crippen molar-refractivity contribution < 1.29 is 8.42 Å². The summed E-state index contributed by atoms with van der Waals surface area (Å²) in [6.07, 6.45) is 0.645. The van der Waals surface area contributed by atoms with E-state index in [-0.39, 0.29) is 18.4 Å². The number of nitrogens with two attached hydrogens (primary N) is 1. The molecule has 0 saturated carbocycles. The number of nitrogens with zero attached hydrogens (tertiary/aromatic N) is 3. The molecule has 1 aromatic heterocycles. The smallest absolute Gasteiger partial charge is 0.246 e. The molecule has 0 saturated heterocycles. The van der Waals surface area contributed by atoms with Crippen LogP contribution in [0.3, 0.4) is 0 Å². The molecule has 6 nitrogen and oxygen atoms in total. The van der Waals surface area contributed by atoms with Crippen molar-refractivity contribution in [3.05, 3.63) is 11.4 Å². The molecule has 0 aliphatic heterocycles. The lowest BCUT2D eigenvalue weighted by Crippen LogP contribution is -2.35. The number of aryl methyl sites for hydroxylation is 2. The molecule has 0 fully saturated rings. The number of rotatable bonds is 6. The maximum atomic E-state index is 12.6. The third kappa shape index (κ3) is 4.42. The second-order valence-electron chi connectivity index (χ2n) is 5.65. The fourth-order valence-electron chi connectivity index (χ4n) is 2.07. The van der Waals surface area contributed by atoms with Crippen molar-refractivity contribution >= 4 is 22.4 Å². The van der Waals surface area contributed by atoms with Crippen molar-refractivity contribution in [1.29, 1.82) is 0 Å². The molecule has 1 heterocycles. The van der Waals surface area contributed by atoms with Gasteiger partial charge < -0.3 is 5.73 Å². The fraction of sp³-hybridized carbons (Fsp3) is 0.769. The van der Waals surface area contributed by atoms with Crippen LogP contribution >= 0.6 is 12.4 Å². The quantitative estimate of drug-likeness (QED) is 0.851. The zero-order valence-electron chi connectivity index (χ0n) is 13.6. The first-order valence-electron chi connectivity index (χ1n) is 6.81. The SMILES string of the molecule is Cc1nn(C)c(C)c1S(=O)(=O)N(C)CCC(N)C(C)C.Cl. The summed E-state index contributed by atoms with van der Waals surface area (Å²) in [6.45, 7) is 7.97. The highest BCUT2D eigenvalue weighted by atomic mass is 35.5. The summed E-state index contributed by atoms with van der Waals surface area (Å²) < 4.78 is 28.2. The average Bonchev–Trinajstić information content (AvgIpc) is 2.59. The zero-order valence-corrected chi connectivity index (χ0v) is 15.3. The molecule has 124 valence electrons. The molecule has 0 aromatic carbocycles. The Morgan fingerprint density at radius 3 is 2.24 bits per heavy atom. The molecule has 2 N–H and O–H groups in total. The number of halogens is 1. The van der Waals surface area contributed by atoms with Gasteiger partial charge in [0, 0.05) is 26.7 Å². The van der Waals surface area contributed by atoms with Crippen LogP contribution in [0.25, 0.3) is 0 Å². The Balaban J connectivity index is 0.00000400. The highest BCUT2D eigenvalue weighted by molar-refractivity contribution is 7.89. The molecule has 1 atom stereocenters. The lowest BCUT2D eigenvalue weighted by molar-refractivity contribution is 0.397. The molecular formula is C13H27ClN4O2S. The van der Waals surface area contributed by atoms with Gasteiger partial charge in [-0.05, 0) is 26.2 Å². The maximum Gasteiger partial charge on any atom is 0.246 e. The maximum absolute atomic E-state index is 12.6. The predicted octanol–water partition coefficient (Wildman–Crippen LogP) is 1.45. The molecule has 0 aliphatic carbocycles. The van der Waals surface area contributed by atoms with E-state index < -0.39 is 10.0 Å². The first-order valence-corrected chi connectivity index (χ1v) is 8.25. The molecule has 1 rings (SSSR count). The monoisotopic (exact) mass is 338 g/mol. The van der Waals surface area contributed by atoms with Gasteiger partial charge in [-0.1, -0.05) is 13.8 Å².